The summed E-state index contributed by atoms with van der Waals surface area (Å²) in [5, 5.41) is 12.3. The Bertz CT molecular complexity index is 732. The fourth-order valence-corrected chi connectivity index (χ4v) is 2.50. The molecule has 1 saturated heterocycles. The highest BCUT2D eigenvalue weighted by Crippen LogP contribution is 2.45. The molecule has 0 N–H and O–H groups in total. The Labute approximate surface area is 138 Å². The highest BCUT2D eigenvalue weighted by Gasteiger charge is 2.48. The third-order valence-electron chi connectivity index (χ3n) is 3.68. The maximum atomic E-state index is 12.3. The third-order valence-corrected chi connectivity index (χ3v) is 3.68. The first kappa shape index (κ1) is 16.1. The number of nitrogens with zero attached hydrogens (tertiary/aromatic N) is 2. The van der Waals surface area contributed by atoms with E-state index >= 15 is 0 Å². The van der Waals surface area contributed by atoms with Crippen LogP contribution in [0.15, 0.2) is 54.6 Å². The minimum atomic E-state index is -0.675. The Morgan fingerprint density at radius 1 is 1.25 bits per heavy atom. The van der Waals surface area contributed by atoms with E-state index in [0.717, 1.165) is 11.1 Å². The first-order valence-corrected chi connectivity index (χ1v) is 7.53. The van der Waals surface area contributed by atoms with Gasteiger partial charge in [-0.1, -0.05) is 30.3 Å². The summed E-state index contributed by atoms with van der Waals surface area (Å²) in [6.45, 7) is 2.02. The molecule has 0 spiro atoms. The fourth-order valence-electron chi connectivity index (χ4n) is 2.50. The van der Waals surface area contributed by atoms with Crippen LogP contribution in [0.3, 0.4) is 0 Å². The predicted molar refractivity (Wildman–Crippen MR) is 84.6 cm³/mol. The molecule has 0 saturated carbocycles. The molecule has 3 rings (SSSR count). The molecular weight excluding hydrogens is 312 g/mol. The van der Waals surface area contributed by atoms with E-state index in [1.165, 1.54) is 17.2 Å². The van der Waals surface area contributed by atoms with Crippen LogP contribution in [0.1, 0.15) is 30.3 Å². The normalized spacial score (nSPS) is 20.2. The smallest absolute Gasteiger partial charge is 0.330 e. The van der Waals surface area contributed by atoms with E-state index in [-0.39, 0.29) is 12.3 Å². The van der Waals surface area contributed by atoms with E-state index in [9.17, 15) is 14.9 Å². The number of nitro benzene ring substituents is 1. The molecule has 3 atom stereocenters. The largest absolute Gasteiger partial charge is 0.464 e. The topological polar surface area (TPSA) is 85.0 Å². The van der Waals surface area contributed by atoms with Gasteiger partial charge < -0.3 is 4.74 Å². The molecule has 1 aliphatic heterocycles. The van der Waals surface area contributed by atoms with E-state index in [1.807, 2.05) is 30.3 Å². The van der Waals surface area contributed by atoms with Gasteiger partial charge in [0, 0.05) is 17.7 Å². The van der Waals surface area contributed by atoms with Gasteiger partial charge in [-0.3, -0.25) is 15.0 Å². The van der Waals surface area contributed by atoms with Crippen molar-refractivity contribution in [1.82, 2.24) is 5.06 Å². The quantitative estimate of drug-likeness (QED) is 0.350. The first-order valence-electron chi connectivity index (χ1n) is 7.53. The van der Waals surface area contributed by atoms with Crippen molar-refractivity contribution < 1.29 is 19.3 Å². The summed E-state index contributed by atoms with van der Waals surface area (Å²) in [6.07, 6.45) is -0.430. The Morgan fingerprint density at radius 2 is 1.92 bits per heavy atom. The number of non-ortho nitro benzene ring substituents is 1. The zero-order valence-corrected chi connectivity index (χ0v) is 13.0. The SMILES string of the molecule is CCOC(=O)C(c1ccccc1)N1OC1c1ccc([N+](=O)[O-])cc1. The number of hydrogen-bond acceptors (Lipinski definition) is 6. The summed E-state index contributed by atoms with van der Waals surface area (Å²) < 4.78 is 5.14. The van der Waals surface area contributed by atoms with Crippen molar-refractivity contribution in [2.24, 2.45) is 0 Å². The lowest BCUT2D eigenvalue weighted by Crippen LogP contribution is -2.23. The third kappa shape index (κ3) is 3.27. The van der Waals surface area contributed by atoms with Gasteiger partial charge in [-0.15, -0.1) is 5.06 Å². The number of ether oxygens (including phenoxy) is 1. The van der Waals surface area contributed by atoms with Crippen molar-refractivity contribution in [2.45, 2.75) is 19.2 Å². The lowest BCUT2D eigenvalue weighted by atomic mass is 10.1. The monoisotopic (exact) mass is 328 g/mol. The van der Waals surface area contributed by atoms with Crippen LogP contribution in [0.5, 0.6) is 0 Å². The van der Waals surface area contributed by atoms with Crippen LogP contribution in [0.2, 0.25) is 0 Å². The molecule has 0 aromatic heterocycles. The molecule has 2 aromatic rings. The van der Waals surface area contributed by atoms with E-state index < -0.39 is 23.2 Å². The molecule has 2 aromatic carbocycles. The number of nitro groups is 1. The molecule has 124 valence electrons. The zero-order chi connectivity index (χ0) is 17.1. The number of hydrogen-bond donors (Lipinski definition) is 0. The number of carbonyl (C=O) groups is 1. The van der Waals surface area contributed by atoms with Crippen LogP contribution in [0.25, 0.3) is 0 Å². The fraction of sp³-hybridized carbons (Fsp3) is 0.235. The minimum Gasteiger partial charge on any atom is -0.464 e. The summed E-state index contributed by atoms with van der Waals surface area (Å²) in [6, 6.07) is 14.6. The van der Waals surface area contributed by atoms with Crippen LogP contribution in [0.4, 0.5) is 5.69 Å². The summed E-state index contributed by atoms with van der Waals surface area (Å²) in [5.41, 5.74) is 1.52. The molecule has 1 fully saturated rings. The minimum absolute atomic E-state index is 0.0101. The van der Waals surface area contributed by atoms with Crippen LogP contribution < -0.4 is 0 Å². The van der Waals surface area contributed by atoms with Crippen LogP contribution in [-0.2, 0) is 14.4 Å². The van der Waals surface area contributed by atoms with Crippen molar-refractivity contribution in [3.05, 3.63) is 75.8 Å². The van der Waals surface area contributed by atoms with Gasteiger partial charge in [0.1, 0.15) is 0 Å². The molecule has 3 unspecified atom stereocenters. The van der Waals surface area contributed by atoms with E-state index in [4.69, 9.17) is 9.57 Å². The zero-order valence-electron chi connectivity index (χ0n) is 13.0. The summed E-state index contributed by atoms with van der Waals surface area (Å²) in [5.74, 6) is -0.395. The van der Waals surface area contributed by atoms with Crippen molar-refractivity contribution in [2.75, 3.05) is 6.61 Å². The van der Waals surface area contributed by atoms with E-state index in [1.54, 1.807) is 19.1 Å². The first-order chi connectivity index (χ1) is 11.6. The van der Waals surface area contributed by atoms with Gasteiger partial charge in [-0.05, 0) is 24.6 Å². The molecule has 1 heterocycles. The van der Waals surface area contributed by atoms with Crippen LogP contribution in [-0.4, -0.2) is 22.6 Å². The molecule has 7 nitrogen and oxygen atoms in total. The highest BCUT2D eigenvalue weighted by atomic mass is 16.8. The Kier molecular flexibility index (Phi) is 4.54. The Balaban J connectivity index is 1.80. The lowest BCUT2D eigenvalue weighted by Gasteiger charge is -2.15. The number of hydroxylamine groups is 2. The van der Waals surface area contributed by atoms with E-state index in [0.29, 0.717) is 0 Å². The second-order valence-corrected chi connectivity index (χ2v) is 5.23. The number of carbonyl (C=O) groups excluding carboxylic acids is 1. The standard InChI is InChI=1S/C17H16N2O5/c1-2-23-17(20)15(12-6-4-3-5-7-12)18-16(24-18)13-8-10-14(11-9-13)19(21)22/h3-11,15-16H,2H2,1H3. The number of esters is 1. The van der Waals surface area contributed by atoms with Crippen molar-refractivity contribution in [1.29, 1.82) is 0 Å². The van der Waals surface area contributed by atoms with Crippen molar-refractivity contribution in [3.63, 3.8) is 0 Å². The summed E-state index contributed by atoms with van der Waals surface area (Å²) in [7, 11) is 0. The molecule has 0 amide bonds. The lowest BCUT2D eigenvalue weighted by molar-refractivity contribution is -0.384. The van der Waals surface area contributed by atoms with Gasteiger partial charge >= 0.3 is 5.97 Å². The Hall–Kier alpha value is -2.77. The molecule has 24 heavy (non-hydrogen) atoms. The maximum Gasteiger partial charge on any atom is 0.330 e. The molecule has 0 bridgehead atoms. The van der Waals surface area contributed by atoms with Gasteiger partial charge in [0.05, 0.1) is 11.5 Å². The molecule has 0 aliphatic carbocycles. The summed E-state index contributed by atoms with van der Waals surface area (Å²) in [4.78, 5) is 28.1. The van der Waals surface area contributed by atoms with Crippen molar-refractivity contribution in [3.8, 4) is 0 Å². The van der Waals surface area contributed by atoms with Gasteiger partial charge in [0.2, 0.25) is 0 Å². The van der Waals surface area contributed by atoms with Gasteiger partial charge in [-0.25, -0.2) is 4.79 Å². The van der Waals surface area contributed by atoms with Gasteiger partial charge in [0.25, 0.3) is 5.69 Å². The van der Waals surface area contributed by atoms with E-state index in [2.05, 4.69) is 0 Å². The van der Waals surface area contributed by atoms with Gasteiger partial charge in [0.15, 0.2) is 12.3 Å². The van der Waals surface area contributed by atoms with Gasteiger partial charge in [-0.2, -0.15) is 0 Å². The number of rotatable bonds is 6. The molecule has 1 aliphatic rings. The molecular formula is C17H16N2O5. The molecule has 7 heteroatoms. The highest BCUT2D eigenvalue weighted by molar-refractivity contribution is 5.77. The Morgan fingerprint density at radius 3 is 2.50 bits per heavy atom. The van der Waals surface area contributed by atoms with Crippen LogP contribution in [0, 0.1) is 10.1 Å². The maximum absolute atomic E-state index is 12.3. The average molecular weight is 328 g/mol. The number of benzene rings is 2. The van der Waals surface area contributed by atoms with Crippen LogP contribution >= 0.6 is 0 Å². The average Bonchev–Trinajstić information content (AvgIpc) is 3.36. The second kappa shape index (κ2) is 6.77. The predicted octanol–water partition coefficient (Wildman–Crippen LogP) is 3.15. The second-order valence-electron chi connectivity index (χ2n) is 5.23. The van der Waals surface area contributed by atoms with Crippen molar-refractivity contribution >= 4 is 11.7 Å². The molecule has 0 radical (unpaired) electrons. The summed E-state index contributed by atoms with van der Waals surface area (Å²) >= 11 is 0.